The first-order chi connectivity index (χ1) is 16.6. The lowest BCUT2D eigenvalue weighted by Gasteiger charge is -2.28. The van der Waals surface area contributed by atoms with Crippen LogP contribution in [0, 0.1) is 0 Å². The maximum Gasteiger partial charge on any atom is 0.253 e. The Morgan fingerprint density at radius 3 is 2.71 bits per heavy atom. The Morgan fingerprint density at radius 1 is 1.15 bits per heavy atom. The van der Waals surface area contributed by atoms with Crippen molar-refractivity contribution < 1.29 is 4.74 Å². The second kappa shape index (κ2) is 12.0. The number of fused-ring (bicyclic) bond motifs is 1. The molecule has 1 saturated heterocycles. The fourth-order valence-corrected chi connectivity index (χ4v) is 4.66. The number of nitrogens with one attached hydrogen (secondary N) is 2. The van der Waals surface area contributed by atoms with E-state index in [-0.39, 0.29) is 5.56 Å². The highest BCUT2D eigenvalue weighted by Gasteiger charge is 2.17. The Kier molecular flexibility index (Phi) is 8.55. The molecule has 2 aromatic carbocycles. The summed E-state index contributed by atoms with van der Waals surface area (Å²) in [6.45, 7) is 7.80. The van der Waals surface area contributed by atoms with Crippen molar-refractivity contribution >= 4 is 28.2 Å². The molecule has 0 radical (unpaired) electrons. The first-order valence-corrected chi connectivity index (χ1v) is 12.6. The molecule has 6 nitrogen and oxygen atoms in total. The maximum atomic E-state index is 12.9. The predicted octanol–water partition coefficient (Wildman–Crippen LogP) is 3.94. The highest BCUT2D eigenvalue weighted by Crippen LogP contribution is 2.20. The Bertz CT molecular complexity index is 1140. The predicted molar refractivity (Wildman–Crippen MR) is 143 cm³/mol. The maximum absolute atomic E-state index is 12.9. The molecule has 7 heteroatoms. The van der Waals surface area contributed by atoms with Gasteiger partial charge in [-0.1, -0.05) is 30.3 Å². The third-order valence-electron chi connectivity index (χ3n) is 6.27. The number of thiocarbonyl (C=S) groups is 1. The minimum atomic E-state index is -0.0742. The molecule has 0 aliphatic carbocycles. The first kappa shape index (κ1) is 24.2. The number of rotatable bonds is 10. The van der Waals surface area contributed by atoms with E-state index in [0.717, 1.165) is 55.8 Å². The zero-order valence-electron chi connectivity index (χ0n) is 19.9. The molecule has 0 atom stereocenters. The third kappa shape index (κ3) is 6.58. The minimum Gasteiger partial charge on any atom is -0.494 e. The molecule has 0 bridgehead atoms. The molecular formula is C27H34N4O2S. The highest BCUT2D eigenvalue weighted by atomic mass is 32.1. The van der Waals surface area contributed by atoms with E-state index in [0.29, 0.717) is 23.8 Å². The number of likely N-dealkylation sites (tertiary alicyclic amines) is 1. The molecule has 4 rings (SSSR count). The van der Waals surface area contributed by atoms with Gasteiger partial charge in [-0.15, -0.1) is 0 Å². The van der Waals surface area contributed by atoms with Gasteiger partial charge in [0.15, 0.2) is 5.11 Å². The van der Waals surface area contributed by atoms with E-state index in [9.17, 15) is 4.79 Å². The second-order valence-electron chi connectivity index (χ2n) is 8.74. The van der Waals surface area contributed by atoms with Crippen LogP contribution in [0.25, 0.3) is 10.9 Å². The zero-order chi connectivity index (χ0) is 23.8. The molecule has 180 valence electrons. The van der Waals surface area contributed by atoms with Gasteiger partial charge in [0.05, 0.1) is 13.2 Å². The topological polar surface area (TPSA) is 60.6 Å². The van der Waals surface area contributed by atoms with Gasteiger partial charge in [-0.25, -0.2) is 0 Å². The van der Waals surface area contributed by atoms with Crippen molar-refractivity contribution in [3.63, 3.8) is 0 Å². The smallest absolute Gasteiger partial charge is 0.253 e. The fraction of sp³-hybridized carbons (Fsp3) is 0.407. The summed E-state index contributed by atoms with van der Waals surface area (Å²) in [4.78, 5) is 20.5. The van der Waals surface area contributed by atoms with Crippen molar-refractivity contribution in [2.75, 3.05) is 39.3 Å². The molecule has 34 heavy (non-hydrogen) atoms. The summed E-state index contributed by atoms with van der Waals surface area (Å²) in [5, 5.41) is 5.07. The van der Waals surface area contributed by atoms with E-state index >= 15 is 0 Å². The van der Waals surface area contributed by atoms with E-state index in [1.165, 1.54) is 18.4 Å². The molecule has 0 amide bonds. The van der Waals surface area contributed by atoms with Gasteiger partial charge in [0, 0.05) is 36.1 Å². The summed E-state index contributed by atoms with van der Waals surface area (Å²) in [5.41, 5.74) is 2.71. The first-order valence-electron chi connectivity index (χ1n) is 12.2. The monoisotopic (exact) mass is 478 g/mol. The lowest BCUT2D eigenvalue weighted by molar-refractivity contribution is 0.285. The van der Waals surface area contributed by atoms with Crippen molar-refractivity contribution in [1.82, 2.24) is 20.1 Å². The van der Waals surface area contributed by atoms with Gasteiger partial charge in [-0.2, -0.15) is 0 Å². The van der Waals surface area contributed by atoms with Gasteiger partial charge >= 0.3 is 0 Å². The third-order valence-corrected chi connectivity index (χ3v) is 6.67. The summed E-state index contributed by atoms with van der Waals surface area (Å²) in [7, 11) is 0. The van der Waals surface area contributed by atoms with Crippen LogP contribution in [0.3, 0.4) is 0 Å². The van der Waals surface area contributed by atoms with Crippen LogP contribution in [0.5, 0.6) is 5.75 Å². The number of pyridine rings is 1. The van der Waals surface area contributed by atoms with Crippen molar-refractivity contribution in [3.8, 4) is 5.75 Å². The lowest BCUT2D eigenvalue weighted by atomic mass is 10.1. The van der Waals surface area contributed by atoms with Crippen LogP contribution in [0.2, 0.25) is 0 Å². The fourth-order valence-electron chi connectivity index (χ4n) is 4.40. The van der Waals surface area contributed by atoms with Crippen LogP contribution >= 0.6 is 12.2 Å². The van der Waals surface area contributed by atoms with Gasteiger partial charge in [0.25, 0.3) is 5.56 Å². The van der Waals surface area contributed by atoms with Crippen molar-refractivity contribution in [3.05, 3.63) is 76.1 Å². The number of aromatic amines is 1. The lowest BCUT2D eigenvalue weighted by Crippen LogP contribution is -2.44. The molecule has 1 aromatic heterocycles. The molecule has 1 aliphatic heterocycles. The molecular weight excluding hydrogens is 444 g/mol. The van der Waals surface area contributed by atoms with E-state index in [2.05, 4.69) is 44.4 Å². The van der Waals surface area contributed by atoms with Gasteiger partial charge < -0.3 is 24.8 Å². The van der Waals surface area contributed by atoms with Gasteiger partial charge in [0.2, 0.25) is 0 Å². The van der Waals surface area contributed by atoms with Crippen LogP contribution in [0.15, 0.2) is 59.4 Å². The number of ether oxygens (including phenoxy) is 1. The Balaban J connectivity index is 1.48. The molecule has 2 N–H and O–H groups in total. The summed E-state index contributed by atoms with van der Waals surface area (Å²) in [5.74, 6) is 0.803. The van der Waals surface area contributed by atoms with E-state index in [4.69, 9.17) is 17.0 Å². The molecule has 0 saturated carbocycles. The van der Waals surface area contributed by atoms with E-state index in [1.54, 1.807) is 0 Å². The van der Waals surface area contributed by atoms with Gasteiger partial charge in [-0.3, -0.25) is 4.79 Å². The SMILES string of the molecule is CCOc1ccc2[nH]c(=O)c(CN(CCN3CCCC3)C(=S)NCCc3ccccc3)cc2c1. The van der Waals surface area contributed by atoms with E-state index < -0.39 is 0 Å². The largest absolute Gasteiger partial charge is 0.494 e. The molecule has 0 unspecified atom stereocenters. The average molecular weight is 479 g/mol. The van der Waals surface area contributed by atoms with Crippen LogP contribution in [0.1, 0.15) is 30.9 Å². The molecule has 2 heterocycles. The van der Waals surface area contributed by atoms with Crippen LogP contribution in [-0.4, -0.2) is 59.2 Å². The van der Waals surface area contributed by atoms with Crippen LogP contribution < -0.4 is 15.6 Å². The van der Waals surface area contributed by atoms with Crippen molar-refractivity contribution in [2.24, 2.45) is 0 Å². The van der Waals surface area contributed by atoms with Crippen molar-refractivity contribution in [2.45, 2.75) is 32.7 Å². The van der Waals surface area contributed by atoms with Crippen molar-refractivity contribution in [1.29, 1.82) is 0 Å². The van der Waals surface area contributed by atoms with E-state index in [1.807, 2.05) is 37.3 Å². The standard InChI is InChI=1S/C27H34N4O2S/c1-2-33-24-10-11-25-22(19-24)18-23(26(32)29-25)20-31(17-16-30-14-6-7-15-30)27(34)28-13-12-21-8-4-3-5-9-21/h3-5,8-11,18-19H,2,6-7,12-17,20H2,1H3,(H,28,34)(H,29,32). The number of H-pyrrole nitrogens is 1. The molecule has 1 aliphatic rings. The molecule has 1 fully saturated rings. The number of hydrogen-bond acceptors (Lipinski definition) is 4. The van der Waals surface area contributed by atoms with Crippen LogP contribution in [-0.2, 0) is 13.0 Å². The number of aromatic nitrogens is 1. The number of nitrogens with zero attached hydrogens (tertiary/aromatic N) is 2. The minimum absolute atomic E-state index is 0.0742. The summed E-state index contributed by atoms with van der Waals surface area (Å²) in [6, 6.07) is 18.1. The van der Waals surface area contributed by atoms with Crippen LogP contribution in [0.4, 0.5) is 0 Å². The summed E-state index contributed by atoms with van der Waals surface area (Å²) in [6.07, 6.45) is 3.41. The molecule has 0 spiro atoms. The molecule has 3 aromatic rings. The zero-order valence-corrected chi connectivity index (χ0v) is 20.7. The summed E-state index contributed by atoms with van der Waals surface area (Å²) < 4.78 is 5.64. The average Bonchev–Trinajstić information content (AvgIpc) is 3.37. The Hall–Kier alpha value is -2.90. The summed E-state index contributed by atoms with van der Waals surface area (Å²) >= 11 is 5.79. The number of benzene rings is 2. The quantitative estimate of drug-likeness (QED) is 0.431. The Labute approximate surface area is 206 Å². The highest BCUT2D eigenvalue weighted by molar-refractivity contribution is 7.80. The van der Waals surface area contributed by atoms with Gasteiger partial charge in [-0.05, 0) is 81.3 Å². The van der Waals surface area contributed by atoms with Gasteiger partial charge in [0.1, 0.15) is 5.75 Å². The normalized spacial score (nSPS) is 13.8. The second-order valence-corrected chi connectivity index (χ2v) is 9.13. The number of hydrogen-bond donors (Lipinski definition) is 2. The Morgan fingerprint density at radius 2 is 1.94 bits per heavy atom.